The Balaban J connectivity index is 0.000000385. The third-order valence-corrected chi connectivity index (χ3v) is 5.00. The third-order valence-electron chi connectivity index (χ3n) is 4.15. The molecule has 18 heteroatoms. The van der Waals surface area contributed by atoms with Crippen LogP contribution in [0.5, 0.6) is 5.75 Å². The number of hydrogen-bond acceptors (Lipinski definition) is 11. The van der Waals surface area contributed by atoms with E-state index in [2.05, 4.69) is 10.4 Å². The fourth-order valence-corrected chi connectivity index (χ4v) is 2.99. The van der Waals surface area contributed by atoms with E-state index in [4.69, 9.17) is 27.0 Å². The lowest BCUT2D eigenvalue weighted by Crippen LogP contribution is -2.37. The Morgan fingerprint density at radius 1 is 1.15 bits per heavy atom. The van der Waals surface area contributed by atoms with Crippen LogP contribution >= 0.6 is 0 Å². The van der Waals surface area contributed by atoms with Gasteiger partial charge in [0.1, 0.15) is 6.04 Å². The molecule has 1 atom stereocenters. The first-order chi connectivity index (χ1) is 15.7. The quantitative estimate of drug-likeness (QED) is 0.0457. The summed E-state index contributed by atoms with van der Waals surface area (Å²) in [6.07, 6.45) is 0.937. The standard InChI is InChI=1S/C10H6N2O8S.C6H15N5O2/c13-10-7-3-5(21(18,19)20)1-2-6(7)8(11(14)15)4-9(10)12(16)17;7-4(5(12)13)2-1-3-10-6(8)11-9/h1-4,13H,(H,18,19,20);4H,1-3,7,9H2,(H,12,13)(H3,8,10,11)/t;4-/m.1/s1. The number of nitrogens with two attached hydrogens (primary N) is 3. The molecule has 0 saturated heterocycles. The van der Waals surface area contributed by atoms with E-state index in [1.54, 1.807) is 0 Å². The van der Waals surface area contributed by atoms with Gasteiger partial charge < -0.3 is 21.7 Å². The minimum Gasteiger partial charge on any atom is -0.502 e. The molecule has 0 aliphatic heterocycles. The van der Waals surface area contributed by atoms with Crippen LogP contribution in [0, 0.1) is 20.2 Å². The first-order valence-electron chi connectivity index (χ1n) is 9.01. The van der Waals surface area contributed by atoms with Gasteiger partial charge in [-0.1, -0.05) is 0 Å². The number of carbonyl (C=O) groups is 1. The van der Waals surface area contributed by atoms with Gasteiger partial charge >= 0.3 is 11.7 Å². The van der Waals surface area contributed by atoms with Crippen LogP contribution < -0.4 is 22.7 Å². The van der Waals surface area contributed by atoms with Gasteiger partial charge in [0.15, 0.2) is 0 Å². The average molecular weight is 503 g/mol. The highest BCUT2D eigenvalue weighted by Crippen LogP contribution is 2.40. The van der Waals surface area contributed by atoms with E-state index in [1.807, 2.05) is 0 Å². The summed E-state index contributed by atoms with van der Waals surface area (Å²) in [7, 11) is -4.63. The summed E-state index contributed by atoms with van der Waals surface area (Å²) in [6, 6.07) is 2.32. The molecule has 2 aromatic carbocycles. The summed E-state index contributed by atoms with van der Waals surface area (Å²) in [6.45, 7) is 0.414. The number of carboxylic acids is 1. The Kier molecular flexibility index (Phi) is 9.56. The van der Waals surface area contributed by atoms with Crippen molar-refractivity contribution in [1.29, 1.82) is 0 Å². The maximum absolute atomic E-state index is 11.0. The van der Waals surface area contributed by atoms with Crippen LogP contribution in [-0.4, -0.2) is 57.5 Å². The molecular weight excluding hydrogens is 482 g/mol. The molecule has 2 aromatic rings. The molecule has 0 unspecified atom stereocenters. The van der Waals surface area contributed by atoms with E-state index in [9.17, 15) is 38.5 Å². The van der Waals surface area contributed by atoms with Crippen LogP contribution in [0.4, 0.5) is 11.4 Å². The number of hydrazine groups is 1. The molecule has 0 aliphatic carbocycles. The predicted molar refractivity (Wildman–Crippen MR) is 117 cm³/mol. The number of aromatic hydroxyl groups is 1. The van der Waals surface area contributed by atoms with E-state index < -0.39 is 59.4 Å². The smallest absolute Gasteiger partial charge is 0.320 e. The summed E-state index contributed by atoms with van der Waals surface area (Å²) in [4.78, 5) is 33.2. The maximum atomic E-state index is 11.0. The van der Waals surface area contributed by atoms with Crippen molar-refractivity contribution >= 4 is 44.2 Å². The molecule has 0 bridgehead atoms. The van der Waals surface area contributed by atoms with Crippen LogP contribution in [0.3, 0.4) is 0 Å². The van der Waals surface area contributed by atoms with Gasteiger partial charge in [-0.3, -0.25) is 40.0 Å². The van der Waals surface area contributed by atoms with Gasteiger partial charge in [-0.15, -0.1) is 0 Å². The van der Waals surface area contributed by atoms with Crippen molar-refractivity contribution in [3.63, 3.8) is 0 Å². The van der Waals surface area contributed by atoms with Gasteiger partial charge in [-0.05, 0) is 31.0 Å². The van der Waals surface area contributed by atoms with Crippen molar-refractivity contribution in [3.8, 4) is 5.75 Å². The monoisotopic (exact) mass is 503 g/mol. The summed E-state index contributed by atoms with van der Waals surface area (Å²) in [5, 5.41) is 39.3. The van der Waals surface area contributed by atoms with E-state index >= 15 is 0 Å². The molecule has 186 valence electrons. The second-order valence-electron chi connectivity index (χ2n) is 6.46. The van der Waals surface area contributed by atoms with E-state index in [-0.39, 0.29) is 11.3 Å². The van der Waals surface area contributed by atoms with Gasteiger partial charge in [-0.25, -0.2) is 5.84 Å². The normalized spacial score (nSPS) is 12.4. The van der Waals surface area contributed by atoms with Gasteiger partial charge in [0.25, 0.3) is 15.8 Å². The Bertz CT molecular complexity index is 1230. The average Bonchev–Trinajstić information content (AvgIpc) is 2.75. The van der Waals surface area contributed by atoms with Crippen molar-refractivity contribution in [3.05, 3.63) is 44.5 Å². The van der Waals surface area contributed by atoms with Crippen LogP contribution in [-0.2, 0) is 14.9 Å². The second kappa shape index (κ2) is 11.7. The predicted octanol–water partition coefficient (Wildman–Crippen LogP) is -0.435. The number of nitrogens with one attached hydrogen (secondary N) is 1. The molecule has 10 N–H and O–H groups in total. The number of aliphatic carboxylic acids is 1. The first kappa shape index (κ1) is 27.9. The molecule has 0 saturated carbocycles. The number of nitro benzene ring substituents is 2. The van der Waals surface area contributed by atoms with Crippen LogP contribution in [0.15, 0.2) is 34.2 Å². The molecule has 0 aliphatic rings. The number of phenols is 1. The number of benzene rings is 2. The Morgan fingerprint density at radius 3 is 2.21 bits per heavy atom. The fourth-order valence-electron chi connectivity index (χ4n) is 2.49. The number of carboxylic acid groups (broad SMARTS) is 1. The molecule has 0 radical (unpaired) electrons. The van der Waals surface area contributed by atoms with Crippen LogP contribution in [0.1, 0.15) is 12.8 Å². The molecular formula is C16H21N7O10S. The Labute approximate surface area is 190 Å². The maximum Gasteiger partial charge on any atom is 0.320 e. The second-order valence-corrected chi connectivity index (χ2v) is 7.88. The molecule has 17 nitrogen and oxygen atoms in total. The number of aliphatic imine (C=N–C) groups is 1. The Morgan fingerprint density at radius 2 is 1.74 bits per heavy atom. The largest absolute Gasteiger partial charge is 0.502 e. The number of nitrogens with zero attached hydrogens (tertiary/aromatic N) is 3. The zero-order chi connectivity index (χ0) is 26.2. The van der Waals surface area contributed by atoms with E-state index in [0.29, 0.717) is 25.5 Å². The van der Waals surface area contributed by atoms with E-state index in [0.717, 1.165) is 18.2 Å². The fraction of sp³-hybridized carbons (Fsp3) is 0.250. The Hall–Kier alpha value is -4.13. The van der Waals surface area contributed by atoms with Crippen molar-refractivity contribution in [2.75, 3.05) is 6.54 Å². The zero-order valence-corrected chi connectivity index (χ0v) is 18.0. The van der Waals surface area contributed by atoms with Crippen molar-refractivity contribution in [2.45, 2.75) is 23.8 Å². The number of non-ortho nitro benzene ring substituents is 1. The number of phenolic OH excluding ortho intramolecular Hbond substituents is 1. The highest BCUT2D eigenvalue weighted by molar-refractivity contribution is 7.85. The molecule has 34 heavy (non-hydrogen) atoms. The lowest BCUT2D eigenvalue weighted by atomic mass is 10.1. The summed E-state index contributed by atoms with van der Waals surface area (Å²) in [5.41, 5.74) is 11.0. The van der Waals surface area contributed by atoms with Gasteiger partial charge in [0, 0.05) is 11.9 Å². The van der Waals surface area contributed by atoms with Crippen molar-refractivity contribution in [2.24, 2.45) is 22.3 Å². The molecule has 0 spiro atoms. The molecule has 2 rings (SSSR count). The van der Waals surface area contributed by atoms with Crippen molar-refractivity contribution < 1.29 is 37.8 Å². The minimum absolute atomic E-state index is 0.129. The minimum atomic E-state index is -4.63. The summed E-state index contributed by atoms with van der Waals surface area (Å²) < 4.78 is 31.0. The highest BCUT2D eigenvalue weighted by Gasteiger charge is 2.26. The lowest BCUT2D eigenvalue weighted by molar-refractivity contribution is -0.393. The van der Waals surface area contributed by atoms with Gasteiger partial charge in [0.2, 0.25) is 11.7 Å². The molecule has 0 heterocycles. The van der Waals surface area contributed by atoms with Crippen molar-refractivity contribution in [1.82, 2.24) is 5.43 Å². The first-order valence-corrected chi connectivity index (χ1v) is 10.5. The highest BCUT2D eigenvalue weighted by atomic mass is 32.2. The van der Waals surface area contributed by atoms with E-state index in [1.165, 1.54) is 0 Å². The zero-order valence-electron chi connectivity index (χ0n) is 17.2. The number of nitro groups is 2. The summed E-state index contributed by atoms with van der Waals surface area (Å²) >= 11 is 0. The summed E-state index contributed by atoms with van der Waals surface area (Å²) in [5.74, 6) is 3.14. The third kappa shape index (κ3) is 7.48. The van der Waals surface area contributed by atoms with Gasteiger partial charge in [0.05, 0.1) is 26.2 Å². The molecule has 0 fully saturated rings. The number of hydrogen-bond donors (Lipinski definition) is 7. The number of guanidine groups is 1. The number of fused-ring (bicyclic) bond motifs is 1. The lowest BCUT2D eigenvalue weighted by Gasteiger charge is -2.05. The topological polar surface area (TPSA) is 301 Å². The van der Waals surface area contributed by atoms with Crippen LogP contribution in [0.25, 0.3) is 10.8 Å². The molecule has 0 aromatic heterocycles. The molecule has 0 amide bonds. The van der Waals surface area contributed by atoms with Gasteiger partial charge in [-0.2, -0.15) is 8.42 Å². The van der Waals surface area contributed by atoms with Crippen LogP contribution in [0.2, 0.25) is 0 Å². The number of rotatable bonds is 8. The SMILES string of the molecule is NNC(N)=NCCC[C@@H](N)C(=O)O.O=[N+]([O-])c1cc([N+](=O)[O-])c2ccc(S(=O)(=O)O)cc2c1O.